The fraction of sp³-hybridized carbons (Fsp3) is 0.759. The second kappa shape index (κ2) is 9.33. The van der Waals surface area contributed by atoms with Crippen molar-refractivity contribution in [2.24, 2.45) is 22.7 Å². The van der Waals surface area contributed by atoms with Gasteiger partial charge in [-0.3, -0.25) is 14.4 Å². The number of rotatable bonds is 6. The molecule has 0 unspecified atom stereocenters. The maximum Gasteiger partial charge on any atom is 0.306 e. The van der Waals surface area contributed by atoms with Gasteiger partial charge >= 0.3 is 5.97 Å². The van der Waals surface area contributed by atoms with Crippen molar-refractivity contribution in [1.29, 1.82) is 0 Å². The number of halogens is 4. The number of allylic oxidation sites excluding steroid dienone is 4. The van der Waals surface area contributed by atoms with Crippen LogP contribution in [0.3, 0.4) is 0 Å². The molecule has 0 aromatic carbocycles. The van der Waals surface area contributed by atoms with E-state index in [1.165, 1.54) is 6.08 Å². The summed E-state index contributed by atoms with van der Waals surface area (Å²) < 4.78 is 49.0. The third kappa shape index (κ3) is 3.80. The number of carbonyl (C=O) groups excluding carboxylic acids is 3. The van der Waals surface area contributed by atoms with Crippen molar-refractivity contribution in [3.63, 3.8) is 0 Å². The number of fused-ring (bicyclic) bond motifs is 7. The highest BCUT2D eigenvalue weighted by Crippen LogP contribution is 2.74. The van der Waals surface area contributed by atoms with Crippen LogP contribution in [0.25, 0.3) is 0 Å². The zero-order valence-corrected chi connectivity index (χ0v) is 24.5. The maximum atomic E-state index is 15.8. The highest BCUT2D eigenvalue weighted by molar-refractivity contribution is 6.34. The van der Waals surface area contributed by atoms with E-state index in [1.54, 1.807) is 20.8 Å². The van der Waals surface area contributed by atoms with E-state index in [0.717, 1.165) is 12.5 Å². The lowest BCUT2D eigenvalue weighted by Gasteiger charge is -2.64. The Bertz CT molecular complexity index is 1170. The third-order valence-electron chi connectivity index (χ3n) is 10.2. The molecule has 1 aliphatic heterocycles. The molecule has 0 aromatic heterocycles. The molecule has 4 aliphatic carbocycles. The lowest BCUT2D eigenvalue weighted by molar-refractivity contribution is -0.214. The summed E-state index contributed by atoms with van der Waals surface area (Å²) in [5.41, 5.74) is -4.05. The molecule has 1 saturated heterocycles. The van der Waals surface area contributed by atoms with E-state index in [2.05, 4.69) is 0 Å². The van der Waals surface area contributed by atoms with Gasteiger partial charge in [0.15, 0.2) is 23.8 Å². The van der Waals surface area contributed by atoms with E-state index in [1.807, 2.05) is 13.8 Å². The van der Waals surface area contributed by atoms with Crippen molar-refractivity contribution in [1.82, 2.24) is 0 Å². The average Bonchev–Trinajstić information content (AvgIpc) is 3.26. The Morgan fingerprint density at radius 3 is 2.54 bits per heavy atom. The SMILES string of the molecule is CCCCC(=O)OCC(=O)[C@@]12OC(C)(C)O[C@@H]1C[C@H]1[C@@H]3C[C@H](F)C4=C(F)C(=O)C=C[C@]4(C)[C@@]3(Cl)[C@@H](Cl)C[C@@]12C. The van der Waals surface area contributed by atoms with Gasteiger partial charge in [-0.2, -0.15) is 0 Å². The fourth-order valence-electron chi connectivity index (χ4n) is 8.48. The minimum Gasteiger partial charge on any atom is -0.458 e. The van der Waals surface area contributed by atoms with Crippen LogP contribution in [-0.2, 0) is 28.6 Å². The lowest BCUT2D eigenvalue weighted by Crippen LogP contribution is -2.69. The van der Waals surface area contributed by atoms with E-state index >= 15 is 8.78 Å². The Kier molecular flexibility index (Phi) is 6.98. The number of alkyl halides is 3. The van der Waals surface area contributed by atoms with Crippen LogP contribution in [0, 0.1) is 22.7 Å². The van der Waals surface area contributed by atoms with E-state index in [0.29, 0.717) is 12.8 Å². The van der Waals surface area contributed by atoms with E-state index in [9.17, 15) is 14.4 Å². The fourth-order valence-corrected chi connectivity index (χ4v) is 9.67. The molecule has 0 aromatic rings. The maximum absolute atomic E-state index is 15.8. The van der Waals surface area contributed by atoms with Crippen LogP contribution < -0.4 is 0 Å². The monoisotopic (exact) mass is 588 g/mol. The van der Waals surface area contributed by atoms with E-state index < -0.39 is 80.6 Å². The number of Topliss-reactive ketones (excluding diaryl/α,β-unsaturated/α-hetero) is 1. The van der Waals surface area contributed by atoms with E-state index in [-0.39, 0.29) is 30.8 Å². The molecule has 0 spiro atoms. The van der Waals surface area contributed by atoms with Crippen LogP contribution in [0.15, 0.2) is 23.6 Å². The van der Waals surface area contributed by atoms with Crippen molar-refractivity contribution >= 4 is 40.7 Å². The van der Waals surface area contributed by atoms with Crippen LogP contribution in [0.5, 0.6) is 0 Å². The van der Waals surface area contributed by atoms with Crippen LogP contribution in [0.1, 0.15) is 73.1 Å². The first kappa shape index (κ1) is 29.2. The van der Waals surface area contributed by atoms with E-state index in [4.69, 9.17) is 37.4 Å². The molecule has 0 amide bonds. The number of carbonyl (C=O) groups is 3. The first-order chi connectivity index (χ1) is 18.1. The van der Waals surface area contributed by atoms with Gasteiger partial charge in [0.05, 0.1) is 16.4 Å². The smallest absolute Gasteiger partial charge is 0.306 e. The van der Waals surface area contributed by atoms with Crippen LogP contribution in [0.2, 0.25) is 0 Å². The van der Waals surface area contributed by atoms with Gasteiger partial charge in [0.1, 0.15) is 6.17 Å². The summed E-state index contributed by atoms with van der Waals surface area (Å²) in [4.78, 5) is 37.1. The van der Waals surface area contributed by atoms with Gasteiger partial charge < -0.3 is 14.2 Å². The molecule has 5 rings (SSSR count). The second-order valence-corrected chi connectivity index (χ2v) is 13.8. The van der Waals surface area contributed by atoms with Crippen LogP contribution in [-0.4, -0.2) is 58.1 Å². The van der Waals surface area contributed by atoms with Gasteiger partial charge in [0, 0.05) is 22.8 Å². The minimum atomic E-state index is -1.75. The summed E-state index contributed by atoms with van der Waals surface area (Å²) in [6, 6.07) is 0. The number of hydrogen-bond acceptors (Lipinski definition) is 6. The Hall–Kier alpha value is -1.35. The number of hydrogen-bond donors (Lipinski definition) is 0. The van der Waals surface area contributed by atoms with Crippen molar-refractivity contribution in [3.05, 3.63) is 23.6 Å². The summed E-state index contributed by atoms with van der Waals surface area (Å²) in [7, 11) is 0. The highest BCUT2D eigenvalue weighted by Gasteiger charge is 2.80. The summed E-state index contributed by atoms with van der Waals surface area (Å²) in [5.74, 6) is -4.94. The molecule has 10 heteroatoms. The highest BCUT2D eigenvalue weighted by atomic mass is 35.5. The molecule has 0 bridgehead atoms. The number of ether oxygens (including phenoxy) is 3. The zero-order chi connectivity index (χ0) is 28.8. The molecule has 9 atom stereocenters. The standard InChI is InChI=1S/C29H36Cl2F2O6/c1-6-7-8-22(36)37-14-20(35)29-21(38-25(2,3)39-29)12-15-16-11-17(32)23-24(33)18(34)9-10-26(23,4)28(16,31)19(30)13-27(15,29)5/h9-10,15-17,19,21H,6-8,11-14H2,1-5H3/t15-,16-,17-,19-,21+,26-,27-,28-,29+/m0/s1. The molecule has 1 heterocycles. The predicted octanol–water partition coefficient (Wildman–Crippen LogP) is 5.92. The molecular formula is C29H36Cl2F2O6. The van der Waals surface area contributed by atoms with Gasteiger partial charge in [-0.1, -0.05) is 33.3 Å². The molecule has 6 nitrogen and oxygen atoms in total. The molecule has 0 radical (unpaired) electrons. The van der Waals surface area contributed by atoms with Gasteiger partial charge in [0.2, 0.25) is 11.6 Å². The lowest BCUT2D eigenvalue weighted by atomic mass is 9.46. The predicted molar refractivity (Wildman–Crippen MR) is 141 cm³/mol. The summed E-state index contributed by atoms with van der Waals surface area (Å²) in [6.45, 7) is 8.46. The molecule has 0 N–H and O–H groups in total. The molecule has 3 saturated carbocycles. The van der Waals surface area contributed by atoms with Crippen molar-refractivity contribution in [2.45, 2.75) is 107 Å². The number of unbranched alkanes of at least 4 members (excludes halogenated alkanes) is 1. The average molecular weight is 590 g/mol. The Balaban J connectivity index is 1.55. The second-order valence-electron chi connectivity index (χ2n) is 12.7. The van der Waals surface area contributed by atoms with Crippen LogP contribution in [0.4, 0.5) is 8.78 Å². The summed E-state index contributed by atoms with van der Waals surface area (Å²) in [6.07, 6.45) is 2.19. The molecular weight excluding hydrogens is 553 g/mol. The number of esters is 1. The van der Waals surface area contributed by atoms with Crippen molar-refractivity contribution in [3.8, 4) is 0 Å². The Labute approximate surface area is 237 Å². The summed E-state index contributed by atoms with van der Waals surface area (Å²) in [5, 5.41) is -0.841. The van der Waals surface area contributed by atoms with Gasteiger partial charge in [0.25, 0.3) is 0 Å². The first-order valence-electron chi connectivity index (χ1n) is 13.8. The Morgan fingerprint density at radius 2 is 1.87 bits per heavy atom. The minimum absolute atomic E-state index is 0.154. The van der Waals surface area contributed by atoms with Gasteiger partial charge in [-0.05, 0) is 57.4 Å². The Morgan fingerprint density at radius 1 is 1.18 bits per heavy atom. The quantitative estimate of drug-likeness (QED) is 0.283. The molecule has 5 aliphatic rings. The van der Waals surface area contributed by atoms with Crippen LogP contribution >= 0.6 is 23.2 Å². The van der Waals surface area contributed by atoms with Crippen molar-refractivity contribution in [2.75, 3.05) is 6.61 Å². The summed E-state index contributed by atoms with van der Waals surface area (Å²) >= 11 is 14.6. The van der Waals surface area contributed by atoms with Gasteiger partial charge in [-0.25, -0.2) is 8.78 Å². The largest absolute Gasteiger partial charge is 0.458 e. The normalized spacial score (nSPS) is 45.9. The van der Waals surface area contributed by atoms with Crippen molar-refractivity contribution < 1.29 is 37.4 Å². The first-order valence-corrected chi connectivity index (χ1v) is 14.6. The topological polar surface area (TPSA) is 78.9 Å². The van der Waals surface area contributed by atoms with Gasteiger partial charge in [-0.15, -0.1) is 23.2 Å². The zero-order valence-electron chi connectivity index (χ0n) is 23.0. The number of ketones is 2. The molecule has 4 fully saturated rings. The third-order valence-corrected chi connectivity index (χ3v) is 11.7. The molecule has 216 valence electrons. The molecule has 39 heavy (non-hydrogen) atoms.